The van der Waals surface area contributed by atoms with E-state index >= 15 is 0 Å². The second kappa shape index (κ2) is 7.81. The van der Waals surface area contributed by atoms with Crippen molar-refractivity contribution in [3.05, 3.63) is 71.4 Å². The summed E-state index contributed by atoms with van der Waals surface area (Å²) in [6.45, 7) is 6.74. The van der Waals surface area contributed by atoms with Crippen molar-refractivity contribution in [2.24, 2.45) is 0 Å². The van der Waals surface area contributed by atoms with Crippen LogP contribution in [0.25, 0.3) is 0 Å². The van der Waals surface area contributed by atoms with Gasteiger partial charge in [-0.15, -0.1) is 0 Å². The van der Waals surface area contributed by atoms with E-state index < -0.39 is 0 Å². The molecule has 1 spiro atoms. The van der Waals surface area contributed by atoms with Gasteiger partial charge in [-0.25, -0.2) is 4.98 Å². The standard InChI is InChI=1S/C27H27N3O4/c1-2-4-22-20(3-1)27(18-34-23-14-25-24(13-21(23)27)32-11-12-33-25)17-30(22)16-19-5-6-26(28-15-19)29-7-9-31-10-8-29/h1-6,13-15H,7-12,16-18H2. The van der Waals surface area contributed by atoms with Crippen LogP contribution in [-0.4, -0.2) is 57.7 Å². The molecule has 0 saturated carbocycles. The third kappa shape index (κ3) is 3.10. The molecule has 174 valence electrons. The van der Waals surface area contributed by atoms with Crippen LogP contribution in [0.1, 0.15) is 16.7 Å². The molecule has 0 amide bonds. The van der Waals surface area contributed by atoms with Gasteiger partial charge in [0, 0.05) is 49.7 Å². The van der Waals surface area contributed by atoms with Gasteiger partial charge < -0.3 is 28.7 Å². The minimum atomic E-state index is -0.219. The Labute approximate surface area is 198 Å². The summed E-state index contributed by atoms with van der Waals surface area (Å²) < 4.78 is 23.4. The highest BCUT2D eigenvalue weighted by atomic mass is 16.6. The van der Waals surface area contributed by atoms with Gasteiger partial charge >= 0.3 is 0 Å². The van der Waals surface area contributed by atoms with Crippen LogP contribution in [0.5, 0.6) is 17.2 Å². The van der Waals surface area contributed by atoms with Gasteiger partial charge in [-0.1, -0.05) is 24.3 Å². The zero-order valence-corrected chi connectivity index (χ0v) is 19.0. The molecule has 34 heavy (non-hydrogen) atoms. The Morgan fingerprint density at radius 3 is 2.47 bits per heavy atom. The molecule has 0 aliphatic carbocycles. The fourth-order valence-electron chi connectivity index (χ4n) is 5.70. The third-order valence-corrected chi connectivity index (χ3v) is 7.37. The van der Waals surface area contributed by atoms with Crippen molar-refractivity contribution in [3.63, 3.8) is 0 Å². The van der Waals surface area contributed by atoms with Crippen molar-refractivity contribution in [2.45, 2.75) is 12.0 Å². The monoisotopic (exact) mass is 457 g/mol. The van der Waals surface area contributed by atoms with E-state index in [-0.39, 0.29) is 5.41 Å². The van der Waals surface area contributed by atoms with E-state index in [2.05, 4.69) is 52.3 Å². The van der Waals surface area contributed by atoms with Gasteiger partial charge in [0.15, 0.2) is 11.5 Å². The Kier molecular flexibility index (Phi) is 4.58. The Bertz CT molecular complexity index is 1230. The number of anilines is 2. The predicted molar refractivity (Wildman–Crippen MR) is 128 cm³/mol. The van der Waals surface area contributed by atoms with Crippen LogP contribution in [0.2, 0.25) is 0 Å². The number of rotatable bonds is 3. The maximum atomic E-state index is 6.25. The zero-order valence-electron chi connectivity index (χ0n) is 19.0. The molecule has 7 nitrogen and oxygen atoms in total. The molecular formula is C27H27N3O4. The summed E-state index contributed by atoms with van der Waals surface area (Å²) in [6, 6.07) is 17.2. The number of pyridine rings is 1. The van der Waals surface area contributed by atoms with Crippen LogP contribution in [0.4, 0.5) is 11.5 Å². The summed E-state index contributed by atoms with van der Waals surface area (Å²) in [6.07, 6.45) is 2.01. The Morgan fingerprint density at radius 2 is 1.65 bits per heavy atom. The topological polar surface area (TPSA) is 56.3 Å². The zero-order chi connectivity index (χ0) is 22.5. The van der Waals surface area contributed by atoms with E-state index in [9.17, 15) is 0 Å². The molecule has 1 aromatic heterocycles. The first kappa shape index (κ1) is 20.0. The molecule has 1 saturated heterocycles. The number of hydrogen-bond acceptors (Lipinski definition) is 7. The molecular weight excluding hydrogens is 430 g/mol. The molecule has 7 rings (SSSR count). The lowest BCUT2D eigenvalue weighted by molar-refractivity contribution is 0.122. The minimum Gasteiger partial charge on any atom is -0.492 e. The van der Waals surface area contributed by atoms with Gasteiger partial charge in [0.2, 0.25) is 0 Å². The molecule has 0 bridgehead atoms. The molecule has 5 heterocycles. The first-order chi connectivity index (χ1) is 16.8. The van der Waals surface area contributed by atoms with Crippen LogP contribution in [0.15, 0.2) is 54.7 Å². The number of aromatic nitrogens is 1. The number of para-hydroxylation sites is 1. The van der Waals surface area contributed by atoms with Crippen LogP contribution in [-0.2, 0) is 16.7 Å². The van der Waals surface area contributed by atoms with E-state index in [1.165, 1.54) is 22.4 Å². The molecule has 1 unspecified atom stereocenters. The second-order valence-electron chi connectivity index (χ2n) is 9.36. The molecule has 1 fully saturated rings. The van der Waals surface area contributed by atoms with Gasteiger partial charge in [-0.3, -0.25) is 0 Å². The summed E-state index contributed by atoms with van der Waals surface area (Å²) in [5.74, 6) is 3.51. The lowest BCUT2D eigenvalue weighted by Gasteiger charge is -2.28. The summed E-state index contributed by atoms with van der Waals surface area (Å²) in [5, 5.41) is 0. The summed E-state index contributed by atoms with van der Waals surface area (Å²) in [7, 11) is 0. The number of hydrogen-bond donors (Lipinski definition) is 0. The minimum absolute atomic E-state index is 0.219. The Morgan fingerprint density at radius 1 is 0.824 bits per heavy atom. The van der Waals surface area contributed by atoms with Gasteiger partial charge in [0.05, 0.1) is 18.6 Å². The summed E-state index contributed by atoms with van der Waals surface area (Å²) >= 11 is 0. The average molecular weight is 458 g/mol. The number of nitrogens with zero attached hydrogens (tertiary/aromatic N) is 3. The smallest absolute Gasteiger partial charge is 0.165 e. The molecule has 0 radical (unpaired) electrons. The predicted octanol–water partition coefficient (Wildman–Crippen LogP) is 3.39. The van der Waals surface area contributed by atoms with E-state index in [0.29, 0.717) is 19.8 Å². The number of morpholine rings is 1. The summed E-state index contributed by atoms with van der Waals surface area (Å²) in [5.41, 5.74) is 4.73. The van der Waals surface area contributed by atoms with Crippen molar-refractivity contribution >= 4 is 11.5 Å². The molecule has 7 heteroatoms. The van der Waals surface area contributed by atoms with E-state index in [1.54, 1.807) is 0 Å². The normalized spacial score (nSPS) is 22.5. The van der Waals surface area contributed by atoms with Gasteiger partial charge in [0.25, 0.3) is 0 Å². The highest BCUT2D eigenvalue weighted by Crippen LogP contribution is 2.54. The molecule has 4 aliphatic rings. The van der Waals surface area contributed by atoms with Gasteiger partial charge in [0.1, 0.15) is 31.4 Å². The number of fused-ring (bicyclic) bond motifs is 5. The number of ether oxygens (including phenoxy) is 4. The second-order valence-corrected chi connectivity index (χ2v) is 9.36. The molecule has 1 atom stereocenters. The van der Waals surface area contributed by atoms with E-state index in [0.717, 1.165) is 62.5 Å². The first-order valence-electron chi connectivity index (χ1n) is 12.0. The van der Waals surface area contributed by atoms with Gasteiger partial charge in [-0.2, -0.15) is 0 Å². The van der Waals surface area contributed by atoms with Crippen molar-refractivity contribution in [1.29, 1.82) is 0 Å². The molecule has 0 N–H and O–H groups in total. The highest BCUT2D eigenvalue weighted by molar-refractivity contribution is 5.70. The van der Waals surface area contributed by atoms with Crippen LogP contribution < -0.4 is 24.0 Å². The van der Waals surface area contributed by atoms with E-state index in [4.69, 9.17) is 23.9 Å². The highest BCUT2D eigenvalue weighted by Gasteiger charge is 2.50. The third-order valence-electron chi connectivity index (χ3n) is 7.37. The quantitative estimate of drug-likeness (QED) is 0.598. The van der Waals surface area contributed by atoms with Crippen LogP contribution in [0, 0.1) is 0 Å². The first-order valence-corrected chi connectivity index (χ1v) is 12.0. The van der Waals surface area contributed by atoms with Crippen molar-refractivity contribution in [1.82, 2.24) is 4.98 Å². The lowest BCUT2D eigenvalue weighted by atomic mass is 9.77. The van der Waals surface area contributed by atoms with Crippen molar-refractivity contribution in [2.75, 3.05) is 62.5 Å². The fourth-order valence-corrected chi connectivity index (χ4v) is 5.70. The summed E-state index contributed by atoms with van der Waals surface area (Å²) in [4.78, 5) is 9.50. The van der Waals surface area contributed by atoms with Crippen LogP contribution in [0.3, 0.4) is 0 Å². The Hall–Kier alpha value is -3.45. The largest absolute Gasteiger partial charge is 0.492 e. The lowest BCUT2D eigenvalue weighted by Crippen LogP contribution is -2.37. The fraction of sp³-hybridized carbons (Fsp3) is 0.370. The maximum Gasteiger partial charge on any atom is 0.165 e. The molecule has 3 aromatic rings. The number of benzene rings is 2. The molecule has 2 aromatic carbocycles. The maximum absolute atomic E-state index is 6.25. The van der Waals surface area contributed by atoms with Crippen molar-refractivity contribution in [3.8, 4) is 17.2 Å². The van der Waals surface area contributed by atoms with Crippen molar-refractivity contribution < 1.29 is 18.9 Å². The average Bonchev–Trinajstić information content (AvgIpc) is 3.41. The Balaban J connectivity index is 1.20. The van der Waals surface area contributed by atoms with Crippen LogP contribution >= 0.6 is 0 Å². The van der Waals surface area contributed by atoms with Gasteiger partial charge in [-0.05, 0) is 29.3 Å². The van der Waals surface area contributed by atoms with E-state index in [1.807, 2.05) is 12.3 Å². The SMILES string of the molecule is c1ccc2c(c1)N(Cc1ccc(N3CCOCC3)nc1)CC21COc2cc3c(cc21)OCCO3. The molecule has 4 aliphatic heterocycles.